The summed E-state index contributed by atoms with van der Waals surface area (Å²) in [6, 6.07) is 37.3. The Labute approximate surface area is 321 Å². The van der Waals surface area contributed by atoms with Crippen LogP contribution in [-0.2, 0) is 20.0 Å². The first-order chi connectivity index (χ1) is 26.8. The van der Waals surface area contributed by atoms with Crippen LogP contribution in [-0.4, -0.2) is 81.5 Å². The van der Waals surface area contributed by atoms with Crippen molar-refractivity contribution in [2.45, 2.75) is 34.7 Å². The number of benzene rings is 5. The first kappa shape index (κ1) is 34.4. The molecule has 2 atom stereocenters. The highest BCUT2D eigenvalue weighted by Crippen LogP contribution is 2.46. The van der Waals surface area contributed by atoms with Crippen LogP contribution in [0.2, 0.25) is 0 Å². The van der Waals surface area contributed by atoms with Crippen molar-refractivity contribution in [3.8, 4) is 0 Å². The van der Waals surface area contributed by atoms with Gasteiger partial charge in [-0.3, -0.25) is 4.90 Å². The number of nitrogens with zero attached hydrogens (tertiary/aromatic N) is 5. The Bertz CT molecular complexity index is 2810. The minimum absolute atomic E-state index is 0.0524. The maximum absolute atomic E-state index is 15.3. The Hall–Kier alpha value is -5.14. The largest absolute Gasteiger partial charge is 0.368 e. The van der Waals surface area contributed by atoms with Gasteiger partial charge in [0.25, 0.3) is 20.0 Å². The molecule has 55 heavy (non-hydrogen) atoms. The van der Waals surface area contributed by atoms with Crippen molar-refractivity contribution in [1.29, 1.82) is 0 Å². The number of hydrogen-bond donors (Lipinski definition) is 1. The van der Waals surface area contributed by atoms with Crippen molar-refractivity contribution >= 4 is 64.0 Å². The smallest absolute Gasteiger partial charge is 0.268 e. The number of anilines is 2. The van der Waals surface area contributed by atoms with Gasteiger partial charge in [0.15, 0.2) is 0 Å². The maximum Gasteiger partial charge on any atom is 0.268 e. The zero-order chi connectivity index (χ0) is 37.3. The maximum atomic E-state index is 15.3. The highest BCUT2D eigenvalue weighted by atomic mass is 32.2. The minimum atomic E-state index is -4.11. The Morgan fingerprint density at radius 1 is 0.582 bits per heavy atom. The van der Waals surface area contributed by atoms with E-state index >= 15 is 8.42 Å². The standard InChI is InChI=1S/C43H42N6O4S2/c50-54(51,33-11-2-1-3-12-33)48-24-20-35-38(14-7-15-39(35)48)47-28-27-45-23-8-17-41(45)43(47)42-30-36-37(46-25-21-44-22-26-46)13-6-16-40(36)49(42)55(52,53)34-19-18-31-9-4-5-10-32(31)29-34/h1-7,9-16,18-20,24,29-30,41,43-44H,8,17,21-23,25-28H2. The molecular weight excluding hydrogens is 729 g/mol. The van der Waals surface area contributed by atoms with E-state index in [-0.39, 0.29) is 21.9 Å². The normalized spacial score (nSPS) is 19.8. The van der Waals surface area contributed by atoms with E-state index < -0.39 is 20.0 Å². The van der Waals surface area contributed by atoms with Gasteiger partial charge in [0.05, 0.1) is 32.6 Å². The fourth-order valence-electron chi connectivity index (χ4n) is 9.29. The molecule has 5 aromatic carbocycles. The Morgan fingerprint density at radius 3 is 2.15 bits per heavy atom. The van der Waals surface area contributed by atoms with Crippen LogP contribution in [0.5, 0.6) is 0 Å². The molecule has 10 rings (SSSR count). The van der Waals surface area contributed by atoms with E-state index in [1.807, 2.05) is 60.7 Å². The highest BCUT2D eigenvalue weighted by Gasteiger charge is 2.44. The van der Waals surface area contributed by atoms with Crippen molar-refractivity contribution in [3.63, 3.8) is 0 Å². The third-order valence-corrected chi connectivity index (χ3v) is 15.3. The SMILES string of the molecule is O=S(=O)(c1ccccc1)n1ccc2c(N3CCN4CCCC4C3c3cc4c(N5CCNCC5)cccc4n3S(=O)(=O)c3ccc4ccccc4c3)cccc21. The summed E-state index contributed by atoms with van der Waals surface area (Å²) in [6.07, 6.45) is 3.58. The summed E-state index contributed by atoms with van der Waals surface area (Å²) >= 11 is 0. The molecule has 7 aromatic rings. The van der Waals surface area contributed by atoms with E-state index in [0.29, 0.717) is 17.6 Å². The van der Waals surface area contributed by atoms with Gasteiger partial charge in [0.2, 0.25) is 0 Å². The highest BCUT2D eigenvalue weighted by molar-refractivity contribution is 7.90. The second kappa shape index (κ2) is 13.3. The van der Waals surface area contributed by atoms with Gasteiger partial charge >= 0.3 is 0 Å². The summed E-state index contributed by atoms with van der Waals surface area (Å²) in [5.74, 6) is 0. The van der Waals surface area contributed by atoms with Gasteiger partial charge in [-0.1, -0.05) is 60.7 Å². The lowest BCUT2D eigenvalue weighted by molar-refractivity contribution is 0.185. The molecule has 5 heterocycles. The lowest BCUT2D eigenvalue weighted by Gasteiger charge is -2.46. The Kier molecular flexibility index (Phi) is 8.29. The Morgan fingerprint density at radius 2 is 1.33 bits per heavy atom. The zero-order valence-electron chi connectivity index (χ0n) is 30.3. The first-order valence-electron chi connectivity index (χ1n) is 19.1. The molecule has 3 fully saturated rings. The van der Waals surface area contributed by atoms with E-state index in [9.17, 15) is 8.42 Å². The molecule has 3 saturated heterocycles. The molecule has 0 saturated carbocycles. The van der Waals surface area contributed by atoms with E-state index in [2.05, 4.69) is 38.2 Å². The van der Waals surface area contributed by atoms with E-state index in [1.165, 1.54) is 3.97 Å². The monoisotopic (exact) mass is 770 g/mol. The third-order valence-electron chi connectivity index (χ3n) is 11.9. The van der Waals surface area contributed by atoms with Crippen LogP contribution < -0.4 is 15.1 Å². The lowest BCUT2D eigenvalue weighted by atomic mass is 9.96. The molecule has 3 aliphatic rings. The quantitative estimate of drug-likeness (QED) is 0.192. The molecule has 2 unspecified atom stereocenters. The average molecular weight is 771 g/mol. The molecule has 0 aliphatic carbocycles. The second-order valence-corrected chi connectivity index (χ2v) is 18.4. The van der Waals surface area contributed by atoms with Crippen LogP contribution in [0.25, 0.3) is 32.6 Å². The summed E-state index contributed by atoms with van der Waals surface area (Å²) in [6.45, 7) is 5.80. The number of aromatic nitrogens is 2. The van der Waals surface area contributed by atoms with Crippen LogP contribution in [0, 0.1) is 0 Å². The fraction of sp³-hybridized carbons (Fsp3) is 0.256. The van der Waals surface area contributed by atoms with Crippen LogP contribution in [0.4, 0.5) is 11.4 Å². The molecule has 1 N–H and O–H groups in total. The Balaban J connectivity index is 1.19. The fourth-order valence-corrected chi connectivity index (χ4v) is 12.2. The number of piperazine rings is 2. The lowest BCUT2D eigenvalue weighted by Crippen LogP contribution is -2.53. The molecule has 12 heteroatoms. The van der Waals surface area contributed by atoms with Gasteiger partial charge in [0.1, 0.15) is 0 Å². The van der Waals surface area contributed by atoms with Crippen molar-refractivity contribution in [3.05, 3.63) is 133 Å². The van der Waals surface area contributed by atoms with Crippen LogP contribution in [0.3, 0.4) is 0 Å². The van der Waals surface area contributed by atoms with Crippen LogP contribution in [0.15, 0.2) is 137 Å². The summed E-state index contributed by atoms with van der Waals surface area (Å²) < 4.78 is 61.5. The van der Waals surface area contributed by atoms with E-state index in [0.717, 1.165) is 90.7 Å². The van der Waals surface area contributed by atoms with Gasteiger partial charge in [-0.15, -0.1) is 0 Å². The molecule has 0 spiro atoms. The topological polar surface area (TPSA) is 99.9 Å². The minimum Gasteiger partial charge on any atom is -0.368 e. The van der Waals surface area contributed by atoms with Gasteiger partial charge in [-0.25, -0.2) is 24.8 Å². The number of nitrogens with one attached hydrogen (secondary N) is 1. The molecule has 0 amide bonds. The molecule has 280 valence electrons. The molecule has 2 aromatic heterocycles. The molecule has 0 bridgehead atoms. The predicted octanol–water partition coefficient (Wildman–Crippen LogP) is 6.66. The van der Waals surface area contributed by atoms with Crippen molar-refractivity contribution < 1.29 is 16.8 Å². The second-order valence-electron chi connectivity index (χ2n) is 14.8. The van der Waals surface area contributed by atoms with Crippen molar-refractivity contribution in [2.24, 2.45) is 0 Å². The van der Waals surface area contributed by atoms with Gasteiger partial charge < -0.3 is 15.1 Å². The van der Waals surface area contributed by atoms with Gasteiger partial charge in [-0.2, -0.15) is 0 Å². The molecular formula is C43H42N6O4S2. The van der Waals surface area contributed by atoms with Crippen LogP contribution in [0.1, 0.15) is 24.6 Å². The van der Waals surface area contributed by atoms with E-state index in [4.69, 9.17) is 0 Å². The predicted molar refractivity (Wildman–Crippen MR) is 219 cm³/mol. The number of hydrogen-bond acceptors (Lipinski definition) is 8. The summed E-state index contributed by atoms with van der Waals surface area (Å²) in [4.78, 5) is 7.67. The van der Waals surface area contributed by atoms with E-state index in [1.54, 1.807) is 52.6 Å². The first-order valence-corrected chi connectivity index (χ1v) is 21.9. The van der Waals surface area contributed by atoms with Gasteiger partial charge in [0, 0.05) is 73.7 Å². The van der Waals surface area contributed by atoms with Crippen molar-refractivity contribution in [1.82, 2.24) is 18.2 Å². The van der Waals surface area contributed by atoms with Gasteiger partial charge in [-0.05, 0) is 90.8 Å². The van der Waals surface area contributed by atoms with Crippen molar-refractivity contribution in [2.75, 3.05) is 55.6 Å². The number of fused-ring (bicyclic) bond motifs is 4. The van der Waals surface area contributed by atoms with Crippen LogP contribution >= 0.6 is 0 Å². The molecule has 10 nitrogen and oxygen atoms in total. The average Bonchev–Trinajstić information content (AvgIpc) is 3.99. The third kappa shape index (κ3) is 5.56. The summed E-state index contributed by atoms with van der Waals surface area (Å²) in [5.41, 5.74) is 3.88. The number of rotatable bonds is 7. The summed E-state index contributed by atoms with van der Waals surface area (Å²) in [5, 5.41) is 7.02. The summed E-state index contributed by atoms with van der Waals surface area (Å²) in [7, 11) is -7.96. The molecule has 0 radical (unpaired) electrons. The zero-order valence-corrected chi connectivity index (χ0v) is 32.0. The molecule has 3 aliphatic heterocycles.